The first-order valence-corrected chi connectivity index (χ1v) is 15.6. The molecule has 2 aliphatic heterocycles. The van der Waals surface area contributed by atoms with Crippen LogP contribution in [0.25, 0.3) is 20.7 Å². The van der Waals surface area contributed by atoms with Gasteiger partial charge in [0.2, 0.25) is 5.43 Å². The van der Waals surface area contributed by atoms with Crippen molar-refractivity contribution >= 4 is 33.2 Å². The third-order valence-electron chi connectivity index (χ3n) is 8.49. The van der Waals surface area contributed by atoms with E-state index < -0.39 is 23.0 Å². The number of likely N-dealkylation sites (tertiary alicyclic amines) is 1. The van der Waals surface area contributed by atoms with Gasteiger partial charge in [-0.25, -0.2) is 13.6 Å². The van der Waals surface area contributed by atoms with Crippen molar-refractivity contribution in [2.24, 2.45) is 0 Å². The zero-order chi connectivity index (χ0) is 29.2. The number of ether oxygens (including phenoxy) is 1. The van der Waals surface area contributed by atoms with E-state index in [0.717, 1.165) is 55.1 Å². The number of nitrogens with zero attached hydrogens (tertiary/aromatic N) is 3. The minimum absolute atomic E-state index is 0.105. The predicted octanol–water partition coefficient (Wildman–Crippen LogP) is 6.69. The predicted molar refractivity (Wildman–Crippen MR) is 164 cm³/mol. The molecule has 0 spiro atoms. The Kier molecular flexibility index (Phi) is 8.40. The third-order valence-corrected chi connectivity index (χ3v) is 9.76. The molecule has 6 nitrogen and oxygen atoms in total. The molecule has 2 saturated heterocycles. The third kappa shape index (κ3) is 5.47. The molecule has 2 aliphatic rings. The first-order valence-electron chi connectivity index (χ1n) is 14.8. The summed E-state index contributed by atoms with van der Waals surface area (Å²) < 4.78 is 36.5. The van der Waals surface area contributed by atoms with Crippen molar-refractivity contribution in [3.05, 3.63) is 87.7 Å². The van der Waals surface area contributed by atoms with E-state index in [1.54, 1.807) is 11.5 Å². The molecule has 0 atom stereocenters. The van der Waals surface area contributed by atoms with E-state index in [2.05, 4.69) is 9.80 Å². The first-order chi connectivity index (χ1) is 20.5. The smallest absolute Gasteiger partial charge is 0.343 e. The van der Waals surface area contributed by atoms with Gasteiger partial charge < -0.3 is 19.1 Å². The van der Waals surface area contributed by atoms with Crippen molar-refractivity contribution in [3.8, 4) is 10.4 Å². The van der Waals surface area contributed by atoms with E-state index in [1.807, 2.05) is 30.3 Å². The van der Waals surface area contributed by atoms with Crippen LogP contribution < -0.4 is 10.3 Å². The number of pyridine rings is 1. The molecule has 0 unspecified atom stereocenters. The van der Waals surface area contributed by atoms with Crippen LogP contribution in [-0.2, 0) is 11.3 Å². The molecule has 4 aromatic rings. The fraction of sp³-hybridized carbons (Fsp3) is 0.394. The van der Waals surface area contributed by atoms with Crippen molar-refractivity contribution in [1.29, 1.82) is 0 Å². The summed E-state index contributed by atoms with van der Waals surface area (Å²) in [6, 6.07) is 14.1. The average Bonchev–Trinajstić information content (AvgIpc) is 3.43. The fourth-order valence-electron chi connectivity index (χ4n) is 6.38. The van der Waals surface area contributed by atoms with Crippen LogP contribution in [0.5, 0.6) is 0 Å². The zero-order valence-corrected chi connectivity index (χ0v) is 24.6. The minimum atomic E-state index is -0.741. The normalized spacial score (nSPS) is 16.7. The number of aromatic nitrogens is 1. The van der Waals surface area contributed by atoms with Crippen LogP contribution in [0.4, 0.5) is 14.5 Å². The van der Waals surface area contributed by atoms with Crippen LogP contribution in [0.1, 0.15) is 54.9 Å². The summed E-state index contributed by atoms with van der Waals surface area (Å²) in [4.78, 5) is 33.5. The molecular weight excluding hydrogens is 556 g/mol. The highest BCUT2D eigenvalue weighted by Crippen LogP contribution is 2.45. The molecule has 9 heteroatoms. The Morgan fingerprint density at radius 3 is 2.31 bits per heavy atom. The number of hydrogen-bond acceptors (Lipinski definition) is 6. The number of carbonyl (C=O) groups excluding carboxylic acids is 1. The number of anilines is 1. The number of carbonyl (C=O) groups is 1. The Balaban J connectivity index is 1.51. The Morgan fingerprint density at radius 1 is 0.952 bits per heavy atom. The Morgan fingerprint density at radius 2 is 1.64 bits per heavy atom. The molecule has 2 aromatic heterocycles. The van der Waals surface area contributed by atoms with Crippen molar-refractivity contribution < 1.29 is 18.3 Å². The maximum Gasteiger partial charge on any atom is 0.343 e. The molecule has 42 heavy (non-hydrogen) atoms. The highest BCUT2D eigenvalue weighted by Gasteiger charge is 2.31. The molecule has 0 saturated carbocycles. The number of rotatable bonds is 7. The molecule has 0 bridgehead atoms. The first kappa shape index (κ1) is 28.6. The van der Waals surface area contributed by atoms with E-state index in [9.17, 15) is 18.4 Å². The Hall–Kier alpha value is -3.56. The number of halogens is 2. The Bertz CT molecular complexity index is 1620. The van der Waals surface area contributed by atoms with Crippen molar-refractivity contribution in [1.82, 2.24) is 9.47 Å². The maximum atomic E-state index is 14.8. The van der Waals surface area contributed by atoms with Crippen LogP contribution in [0.15, 0.2) is 59.5 Å². The van der Waals surface area contributed by atoms with E-state index in [-0.39, 0.29) is 24.3 Å². The quantitative estimate of drug-likeness (QED) is 0.224. The van der Waals surface area contributed by atoms with Crippen LogP contribution >= 0.6 is 11.3 Å². The summed E-state index contributed by atoms with van der Waals surface area (Å²) in [5.74, 6) is -2.10. The van der Waals surface area contributed by atoms with Gasteiger partial charge in [-0.1, -0.05) is 42.8 Å². The molecule has 2 aromatic carbocycles. The average molecular weight is 592 g/mol. The van der Waals surface area contributed by atoms with Crippen LogP contribution in [0.3, 0.4) is 0 Å². The molecular formula is C33H35F2N3O3S. The Labute approximate surface area is 248 Å². The lowest BCUT2D eigenvalue weighted by Crippen LogP contribution is -2.47. The number of esters is 1. The minimum Gasteiger partial charge on any atom is -0.462 e. The summed E-state index contributed by atoms with van der Waals surface area (Å²) >= 11 is 1.42. The van der Waals surface area contributed by atoms with Gasteiger partial charge in [0.1, 0.15) is 22.0 Å². The van der Waals surface area contributed by atoms with Gasteiger partial charge >= 0.3 is 5.97 Å². The van der Waals surface area contributed by atoms with Gasteiger partial charge in [-0.05, 0) is 63.4 Å². The van der Waals surface area contributed by atoms with E-state index in [4.69, 9.17) is 4.74 Å². The summed E-state index contributed by atoms with van der Waals surface area (Å²) in [5, 5.41) is 0.401. The lowest BCUT2D eigenvalue weighted by Gasteiger charge is -2.41. The number of piperidine rings is 2. The number of benzene rings is 2. The van der Waals surface area contributed by atoms with Gasteiger partial charge in [0, 0.05) is 30.9 Å². The molecule has 0 amide bonds. The zero-order valence-electron chi connectivity index (χ0n) is 23.8. The van der Waals surface area contributed by atoms with Gasteiger partial charge in [-0.15, -0.1) is 11.3 Å². The van der Waals surface area contributed by atoms with Crippen LogP contribution in [-0.4, -0.2) is 54.3 Å². The second kappa shape index (κ2) is 12.4. The van der Waals surface area contributed by atoms with Crippen molar-refractivity contribution in [2.45, 2.75) is 51.6 Å². The van der Waals surface area contributed by atoms with Crippen LogP contribution in [0.2, 0.25) is 0 Å². The molecule has 220 valence electrons. The van der Waals surface area contributed by atoms with Crippen molar-refractivity contribution in [3.63, 3.8) is 0 Å². The maximum absolute atomic E-state index is 14.8. The van der Waals surface area contributed by atoms with E-state index in [1.165, 1.54) is 55.0 Å². The number of fused-ring (bicyclic) bond motifs is 1. The monoisotopic (exact) mass is 591 g/mol. The van der Waals surface area contributed by atoms with Crippen LogP contribution in [0, 0.1) is 11.6 Å². The second-order valence-corrected chi connectivity index (χ2v) is 12.1. The fourth-order valence-corrected chi connectivity index (χ4v) is 7.68. The highest BCUT2D eigenvalue weighted by atomic mass is 32.1. The highest BCUT2D eigenvalue weighted by molar-refractivity contribution is 7.22. The van der Waals surface area contributed by atoms with Crippen molar-refractivity contribution in [2.75, 3.05) is 37.7 Å². The topological polar surface area (TPSA) is 54.8 Å². The molecule has 0 aliphatic carbocycles. The molecule has 2 fully saturated rings. The van der Waals surface area contributed by atoms with Gasteiger partial charge in [0.25, 0.3) is 0 Å². The summed E-state index contributed by atoms with van der Waals surface area (Å²) in [6.45, 7) is 5.44. The van der Waals surface area contributed by atoms with E-state index in [0.29, 0.717) is 16.3 Å². The molecule has 4 heterocycles. The lowest BCUT2D eigenvalue weighted by molar-refractivity contribution is 0.0524. The SMILES string of the molecule is CCOC(=O)c1cn(Cc2c(F)cccc2F)c2sc(-c3ccccc3)c(N3CCC(N4CCCCC4)CC3)c2c1=O. The van der Waals surface area contributed by atoms with Gasteiger partial charge in [-0.2, -0.15) is 0 Å². The largest absolute Gasteiger partial charge is 0.462 e. The standard InChI is InChI=1S/C33H35F2N3O3S/c1-2-41-33(40)25-21-38(20-24-26(34)12-9-13-27(24)35)32-28(30(25)39)29(31(42-32)22-10-5-3-6-11-22)37-18-14-23(15-19-37)36-16-7-4-8-17-36/h3,5-6,9-13,21,23H,2,4,7-8,14-20H2,1H3. The lowest BCUT2D eigenvalue weighted by atomic mass is 9.98. The number of thiophene rings is 1. The van der Waals surface area contributed by atoms with Gasteiger partial charge in [0.15, 0.2) is 0 Å². The van der Waals surface area contributed by atoms with Gasteiger partial charge in [-0.3, -0.25) is 4.79 Å². The second-order valence-electron chi connectivity index (χ2n) is 11.1. The molecule has 0 N–H and O–H groups in total. The van der Waals surface area contributed by atoms with E-state index >= 15 is 0 Å². The summed E-state index contributed by atoms with van der Waals surface area (Å²) in [5.41, 5.74) is 1.06. The molecule has 0 radical (unpaired) electrons. The summed E-state index contributed by atoms with van der Waals surface area (Å²) in [7, 11) is 0. The summed E-state index contributed by atoms with van der Waals surface area (Å²) in [6.07, 6.45) is 7.14. The number of hydrogen-bond donors (Lipinski definition) is 0. The van der Waals surface area contributed by atoms with Gasteiger partial charge in [0.05, 0.1) is 29.1 Å². The molecule has 6 rings (SSSR count).